The van der Waals surface area contributed by atoms with Crippen LogP contribution in [0.3, 0.4) is 0 Å². The Morgan fingerprint density at radius 2 is 0.520 bits per heavy atom. The second kappa shape index (κ2) is 21.3. The zero-order valence-electron chi connectivity index (χ0n) is 28.5. The van der Waals surface area contributed by atoms with Gasteiger partial charge < -0.3 is 37.9 Å². The molecule has 4 aromatic rings. The lowest BCUT2D eigenvalue weighted by atomic mass is 9.73. The van der Waals surface area contributed by atoms with Gasteiger partial charge in [0.1, 0.15) is 75.9 Å². The van der Waals surface area contributed by atoms with Gasteiger partial charge in [-0.1, -0.05) is 74.8 Å². The van der Waals surface area contributed by atoms with Crippen LogP contribution in [0, 0.1) is 0 Å². The molecule has 0 aromatic heterocycles. The number of hydrogen-bond acceptors (Lipinski definition) is 8. The van der Waals surface area contributed by atoms with Gasteiger partial charge in [0, 0.05) is 11.8 Å². The first-order valence-corrected chi connectivity index (χ1v) is 16.5. The molecule has 0 spiro atoms. The summed E-state index contributed by atoms with van der Waals surface area (Å²) in [7, 11) is 0. The highest BCUT2D eigenvalue weighted by atomic mass is 16.5. The van der Waals surface area contributed by atoms with Crippen molar-refractivity contribution in [2.45, 2.75) is 11.8 Å². The van der Waals surface area contributed by atoms with Crippen LogP contribution in [-0.4, -0.2) is 52.9 Å². The third-order valence-electron chi connectivity index (χ3n) is 7.64. The summed E-state index contributed by atoms with van der Waals surface area (Å²) >= 11 is 0. The molecule has 0 atom stereocenters. The van der Waals surface area contributed by atoms with Gasteiger partial charge in [-0.25, -0.2) is 0 Å². The average molecular weight is 679 g/mol. The van der Waals surface area contributed by atoms with Gasteiger partial charge in [-0.2, -0.15) is 0 Å². The molecule has 50 heavy (non-hydrogen) atoms. The molecule has 8 nitrogen and oxygen atoms in total. The number of rotatable bonds is 25. The smallest absolute Gasteiger partial charge is 0.122 e. The second-order valence-electron chi connectivity index (χ2n) is 10.8. The Morgan fingerprint density at radius 1 is 0.320 bits per heavy atom. The summed E-state index contributed by atoms with van der Waals surface area (Å²) in [5.41, 5.74) is 4.45. The van der Waals surface area contributed by atoms with E-state index in [-0.39, 0.29) is 11.8 Å². The van der Waals surface area contributed by atoms with Crippen LogP contribution in [0.5, 0.6) is 23.0 Å². The Balaban J connectivity index is 1.72. The van der Waals surface area contributed by atoms with Gasteiger partial charge >= 0.3 is 0 Å². The van der Waals surface area contributed by atoms with Crippen molar-refractivity contribution in [3.8, 4) is 23.0 Å². The molecular formula is C42H46O8. The lowest BCUT2D eigenvalue weighted by molar-refractivity contribution is 0.179. The van der Waals surface area contributed by atoms with Gasteiger partial charge in [-0.05, 0) is 70.8 Å². The summed E-state index contributed by atoms with van der Waals surface area (Å²) in [5.74, 6) is 2.84. The topological polar surface area (TPSA) is 73.8 Å². The molecule has 0 N–H and O–H groups in total. The van der Waals surface area contributed by atoms with Crippen molar-refractivity contribution < 1.29 is 37.9 Å². The van der Waals surface area contributed by atoms with Crippen LogP contribution in [0.4, 0.5) is 0 Å². The maximum Gasteiger partial charge on any atom is 0.122 e. The minimum absolute atomic E-state index is 0.0909. The van der Waals surface area contributed by atoms with E-state index in [2.05, 4.69) is 74.8 Å². The van der Waals surface area contributed by atoms with Gasteiger partial charge in [0.25, 0.3) is 0 Å². The van der Waals surface area contributed by atoms with E-state index < -0.39 is 0 Å². The normalized spacial score (nSPS) is 10.5. The van der Waals surface area contributed by atoms with Crippen molar-refractivity contribution in [3.05, 3.63) is 171 Å². The quantitative estimate of drug-likeness (QED) is 0.0509. The SMILES string of the molecule is C=COCCOc1ccc(C(c2ccc(OCCOC=C)cc2)C(c2ccc(OCCOC=C)cc2)c2ccc(OCCOC=C)cc2)cc1. The van der Waals surface area contributed by atoms with E-state index in [4.69, 9.17) is 37.9 Å². The zero-order valence-corrected chi connectivity index (χ0v) is 28.5. The van der Waals surface area contributed by atoms with Crippen molar-refractivity contribution in [3.63, 3.8) is 0 Å². The molecule has 4 aromatic carbocycles. The molecule has 0 amide bonds. The molecule has 0 fully saturated rings. The minimum atomic E-state index is -0.0909. The summed E-state index contributed by atoms with van der Waals surface area (Å²) < 4.78 is 44.5. The van der Waals surface area contributed by atoms with Crippen molar-refractivity contribution in [2.75, 3.05) is 52.9 Å². The highest BCUT2D eigenvalue weighted by Crippen LogP contribution is 2.44. The Labute approximate surface area is 295 Å². The molecule has 0 radical (unpaired) electrons. The Morgan fingerprint density at radius 3 is 0.700 bits per heavy atom. The van der Waals surface area contributed by atoms with Crippen molar-refractivity contribution >= 4 is 0 Å². The first kappa shape index (κ1) is 37.1. The standard InChI is InChI=1S/C42H46O8/c1-5-43-25-29-47-37-17-9-33(10-18-37)41(34-11-19-38(20-12-34)48-30-26-44-6-2)42(35-13-21-39(22-14-35)49-31-27-45-7-3)36-15-23-40(24-16-36)50-32-28-46-8-4/h5-24,41-42H,1-4,25-32H2. The largest absolute Gasteiger partial charge is 0.498 e. The summed E-state index contributed by atoms with van der Waals surface area (Å²) in [4.78, 5) is 0. The van der Waals surface area contributed by atoms with E-state index in [1.165, 1.54) is 25.0 Å². The van der Waals surface area contributed by atoms with Crippen LogP contribution in [0.2, 0.25) is 0 Å². The molecule has 4 rings (SSSR count). The van der Waals surface area contributed by atoms with Gasteiger partial charge in [0.05, 0.1) is 25.0 Å². The Bertz CT molecular complexity index is 1320. The van der Waals surface area contributed by atoms with Gasteiger partial charge in [0.2, 0.25) is 0 Å². The predicted octanol–water partition coefficient (Wildman–Crippen LogP) is 8.81. The molecule has 0 saturated heterocycles. The summed E-state index contributed by atoms with van der Waals surface area (Å²) in [5, 5.41) is 0. The molecule has 0 bridgehead atoms. The molecule has 8 heteroatoms. The zero-order chi connectivity index (χ0) is 35.2. The molecule has 0 unspecified atom stereocenters. The average Bonchev–Trinajstić information content (AvgIpc) is 3.16. The minimum Gasteiger partial charge on any atom is -0.498 e. The van der Waals surface area contributed by atoms with Gasteiger partial charge in [0.15, 0.2) is 0 Å². The van der Waals surface area contributed by atoms with Crippen LogP contribution in [-0.2, 0) is 18.9 Å². The molecule has 262 valence electrons. The molecular weight excluding hydrogens is 632 g/mol. The van der Waals surface area contributed by atoms with Gasteiger partial charge in [-0.15, -0.1) is 0 Å². The highest BCUT2D eigenvalue weighted by molar-refractivity contribution is 5.48. The van der Waals surface area contributed by atoms with Crippen LogP contribution in [0.1, 0.15) is 34.1 Å². The van der Waals surface area contributed by atoms with Crippen LogP contribution in [0.15, 0.2) is 148 Å². The highest BCUT2D eigenvalue weighted by Gasteiger charge is 2.29. The summed E-state index contributed by atoms with van der Waals surface area (Å²) in [6.07, 6.45) is 5.65. The van der Waals surface area contributed by atoms with Crippen LogP contribution >= 0.6 is 0 Å². The maximum atomic E-state index is 5.91. The third kappa shape index (κ3) is 11.7. The molecule has 0 aliphatic rings. The van der Waals surface area contributed by atoms with Crippen molar-refractivity contribution in [1.82, 2.24) is 0 Å². The Hall–Kier alpha value is -5.76. The van der Waals surface area contributed by atoms with Crippen molar-refractivity contribution in [1.29, 1.82) is 0 Å². The van der Waals surface area contributed by atoms with E-state index in [9.17, 15) is 0 Å². The van der Waals surface area contributed by atoms with Crippen LogP contribution in [0.25, 0.3) is 0 Å². The maximum absolute atomic E-state index is 5.91. The Kier molecular flexibility index (Phi) is 15.8. The van der Waals surface area contributed by atoms with E-state index in [1.54, 1.807) is 0 Å². The first-order chi connectivity index (χ1) is 24.7. The van der Waals surface area contributed by atoms with E-state index in [1.807, 2.05) is 48.5 Å². The second-order valence-corrected chi connectivity index (χ2v) is 10.8. The molecule has 0 aliphatic heterocycles. The number of ether oxygens (including phenoxy) is 8. The first-order valence-electron chi connectivity index (χ1n) is 16.5. The van der Waals surface area contributed by atoms with Crippen LogP contribution < -0.4 is 18.9 Å². The molecule has 0 saturated carbocycles. The fourth-order valence-electron chi connectivity index (χ4n) is 5.40. The number of hydrogen-bond donors (Lipinski definition) is 0. The summed E-state index contributed by atoms with van der Waals surface area (Å²) in [6, 6.07) is 32.9. The number of benzene rings is 4. The van der Waals surface area contributed by atoms with Gasteiger partial charge in [-0.3, -0.25) is 0 Å². The fourth-order valence-corrected chi connectivity index (χ4v) is 5.40. The monoisotopic (exact) mass is 678 g/mol. The lowest BCUT2D eigenvalue weighted by Crippen LogP contribution is -2.15. The molecule has 0 aliphatic carbocycles. The molecule has 0 heterocycles. The fraction of sp³-hybridized carbons (Fsp3) is 0.238. The van der Waals surface area contributed by atoms with E-state index in [0.717, 1.165) is 45.3 Å². The van der Waals surface area contributed by atoms with E-state index in [0.29, 0.717) is 52.9 Å². The van der Waals surface area contributed by atoms with E-state index >= 15 is 0 Å². The van der Waals surface area contributed by atoms with Crippen molar-refractivity contribution in [2.24, 2.45) is 0 Å². The third-order valence-corrected chi connectivity index (χ3v) is 7.64. The predicted molar refractivity (Wildman–Crippen MR) is 196 cm³/mol. The summed E-state index contributed by atoms with van der Waals surface area (Å²) in [6.45, 7) is 17.7. The lowest BCUT2D eigenvalue weighted by Gasteiger charge is -2.30.